The van der Waals surface area contributed by atoms with Gasteiger partial charge in [-0.2, -0.15) is 0 Å². The van der Waals surface area contributed by atoms with Gasteiger partial charge in [-0.25, -0.2) is 14.4 Å². The van der Waals surface area contributed by atoms with Gasteiger partial charge in [0.25, 0.3) is 0 Å². The highest BCUT2D eigenvalue weighted by molar-refractivity contribution is 5.91. The molecular formula is C12H20N2O5. The zero-order valence-electron chi connectivity index (χ0n) is 11.9. The lowest BCUT2D eigenvalue weighted by Crippen LogP contribution is -2.43. The first kappa shape index (κ1) is 16.9. The second kappa shape index (κ2) is 8.12. The van der Waals surface area contributed by atoms with Crippen LogP contribution in [0.5, 0.6) is 0 Å². The maximum absolute atomic E-state index is 11.6. The van der Waals surface area contributed by atoms with E-state index in [1.807, 2.05) is 0 Å². The van der Waals surface area contributed by atoms with Gasteiger partial charge in [-0.15, -0.1) is 0 Å². The van der Waals surface area contributed by atoms with Crippen molar-refractivity contribution in [3.63, 3.8) is 0 Å². The number of likely N-dealkylation sites (N-methyl/N-ethyl adjacent to an activating group) is 1. The first-order valence-electron chi connectivity index (χ1n) is 5.66. The summed E-state index contributed by atoms with van der Waals surface area (Å²) in [5.41, 5.74) is 0. The van der Waals surface area contributed by atoms with E-state index >= 15 is 0 Å². The molecule has 2 amide bonds. The van der Waals surface area contributed by atoms with Gasteiger partial charge in [-0.1, -0.05) is 0 Å². The molecular weight excluding hydrogens is 252 g/mol. The Bertz CT molecular complexity index is 365. The van der Waals surface area contributed by atoms with Gasteiger partial charge < -0.3 is 19.3 Å². The van der Waals surface area contributed by atoms with Crippen molar-refractivity contribution in [2.45, 2.75) is 13.0 Å². The predicted octanol–water partition coefficient (Wildman–Crippen LogP) is 0.261. The Hall–Kier alpha value is -2.05. The van der Waals surface area contributed by atoms with Crippen LogP contribution in [-0.4, -0.2) is 68.7 Å². The first-order chi connectivity index (χ1) is 8.79. The van der Waals surface area contributed by atoms with Gasteiger partial charge in [0.1, 0.15) is 6.61 Å². The van der Waals surface area contributed by atoms with E-state index in [1.165, 1.54) is 16.9 Å². The largest absolute Gasteiger partial charge is 0.466 e. The fourth-order valence-corrected chi connectivity index (χ4v) is 1.07. The van der Waals surface area contributed by atoms with Crippen molar-refractivity contribution in [3.05, 3.63) is 12.2 Å². The van der Waals surface area contributed by atoms with Gasteiger partial charge in [-0.3, -0.25) is 0 Å². The van der Waals surface area contributed by atoms with Crippen LogP contribution in [0.3, 0.4) is 0 Å². The number of carbonyl (C=O) groups excluding carboxylic acids is 3. The highest BCUT2D eigenvalue weighted by Crippen LogP contribution is 2.00. The molecule has 0 bridgehead atoms. The van der Waals surface area contributed by atoms with Crippen molar-refractivity contribution in [1.82, 2.24) is 9.80 Å². The molecule has 0 unspecified atom stereocenters. The molecule has 0 aromatic heterocycles. The van der Waals surface area contributed by atoms with Gasteiger partial charge >= 0.3 is 18.0 Å². The van der Waals surface area contributed by atoms with Crippen LogP contribution in [0.25, 0.3) is 0 Å². The van der Waals surface area contributed by atoms with Gasteiger partial charge in [0.05, 0.1) is 13.2 Å². The molecule has 0 aromatic carbocycles. The number of amides is 2. The standard InChI is InChI=1S/C12H20N2O5/c1-9(14(4)12(17)13(2)3)8-19-11(16)7-6-10(15)18-5/h6-7,9H,8H2,1-5H3/b7-6+/t9-/m1/s1. The molecule has 7 nitrogen and oxygen atoms in total. The van der Waals surface area contributed by atoms with Gasteiger partial charge in [0.15, 0.2) is 0 Å². The number of esters is 2. The molecule has 0 aliphatic carbocycles. The normalized spacial score (nSPS) is 11.8. The molecule has 1 atom stereocenters. The molecule has 0 N–H and O–H groups in total. The Labute approximate surface area is 112 Å². The van der Waals surface area contributed by atoms with E-state index in [1.54, 1.807) is 28.1 Å². The van der Waals surface area contributed by atoms with E-state index < -0.39 is 11.9 Å². The Morgan fingerprint density at radius 1 is 1.11 bits per heavy atom. The number of hydrogen-bond donors (Lipinski definition) is 0. The lowest BCUT2D eigenvalue weighted by molar-refractivity contribution is -0.140. The Morgan fingerprint density at radius 2 is 1.63 bits per heavy atom. The molecule has 108 valence electrons. The van der Waals surface area contributed by atoms with Crippen LogP contribution in [0.1, 0.15) is 6.92 Å². The number of rotatable bonds is 5. The number of methoxy groups -OCH3 is 1. The third kappa shape index (κ3) is 6.44. The summed E-state index contributed by atoms with van der Waals surface area (Å²) >= 11 is 0. The van der Waals surface area contributed by atoms with Crippen molar-refractivity contribution < 1.29 is 23.9 Å². The van der Waals surface area contributed by atoms with Gasteiger partial charge in [0.2, 0.25) is 0 Å². The molecule has 7 heteroatoms. The quantitative estimate of drug-likeness (QED) is 0.530. The summed E-state index contributed by atoms with van der Waals surface area (Å²) in [4.78, 5) is 36.5. The lowest BCUT2D eigenvalue weighted by Gasteiger charge is -2.27. The summed E-state index contributed by atoms with van der Waals surface area (Å²) < 4.78 is 9.23. The summed E-state index contributed by atoms with van der Waals surface area (Å²) in [6.45, 7) is 1.79. The summed E-state index contributed by atoms with van der Waals surface area (Å²) in [6, 6.07) is -0.459. The van der Waals surface area contributed by atoms with Crippen LogP contribution in [0, 0.1) is 0 Å². The molecule has 0 spiro atoms. The van der Waals surface area contributed by atoms with Gasteiger partial charge in [-0.05, 0) is 6.92 Å². The highest BCUT2D eigenvalue weighted by Gasteiger charge is 2.18. The summed E-state index contributed by atoms with van der Waals surface area (Å²) in [6.07, 6.45) is 1.95. The zero-order valence-corrected chi connectivity index (χ0v) is 11.9. The fraction of sp³-hybridized carbons (Fsp3) is 0.583. The van der Waals surface area contributed by atoms with Crippen molar-refractivity contribution in [1.29, 1.82) is 0 Å². The highest BCUT2D eigenvalue weighted by atomic mass is 16.5. The van der Waals surface area contributed by atoms with E-state index in [0.29, 0.717) is 0 Å². The minimum absolute atomic E-state index is 0.0421. The molecule has 0 saturated heterocycles. The number of carbonyl (C=O) groups is 3. The van der Waals surface area contributed by atoms with E-state index in [0.717, 1.165) is 12.2 Å². The SMILES string of the molecule is COC(=O)/C=C/C(=O)OC[C@@H](C)N(C)C(=O)N(C)C. The third-order valence-corrected chi connectivity index (χ3v) is 2.37. The van der Waals surface area contributed by atoms with Crippen molar-refractivity contribution in [3.8, 4) is 0 Å². The van der Waals surface area contributed by atoms with Crippen LogP contribution in [0.4, 0.5) is 4.79 Å². The van der Waals surface area contributed by atoms with E-state index in [9.17, 15) is 14.4 Å². The van der Waals surface area contributed by atoms with Crippen molar-refractivity contribution in [2.75, 3.05) is 34.9 Å². The zero-order chi connectivity index (χ0) is 15.0. The maximum atomic E-state index is 11.6. The average Bonchev–Trinajstić information content (AvgIpc) is 2.39. The summed E-state index contributed by atoms with van der Waals surface area (Å²) in [5.74, 6) is -1.30. The summed E-state index contributed by atoms with van der Waals surface area (Å²) in [7, 11) is 6.10. The van der Waals surface area contributed by atoms with Crippen LogP contribution in [0.2, 0.25) is 0 Å². The first-order valence-corrected chi connectivity index (χ1v) is 5.66. The second-order valence-corrected chi connectivity index (χ2v) is 4.12. The smallest absolute Gasteiger partial charge is 0.331 e. The van der Waals surface area contributed by atoms with Crippen LogP contribution < -0.4 is 0 Å². The van der Waals surface area contributed by atoms with Crippen LogP contribution in [0.15, 0.2) is 12.2 Å². The molecule has 0 aromatic rings. The minimum atomic E-state index is -0.664. The molecule has 0 rings (SSSR count). The van der Waals surface area contributed by atoms with E-state index in [-0.39, 0.29) is 18.7 Å². The van der Waals surface area contributed by atoms with E-state index in [4.69, 9.17) is 4.74 Å². The minimum Gasteiger partial charge on any atom is -0.466 e. The number of ether oxygens (including phenoxy) is 2. The topological polar surface area (TPSA) is 76.2 Å². The molecule has 0 fully saturated rings. The lowest BCUT2D eigenvalue weighted by atomic mass is 10.3. The monoisotopic (exact) mass is 272 g/mol. The number of nitrogens with zero attached hydrogens (tertiary/aromatic N) is 2. The molecule has 19 heavy (non-hydrogen) atoms. The Balaban J connectivity index is 4.19. The average molecular weight is 272 g/mol. The predicted molar refractivity (Wildman–Crippen MR) is 68.4 cm³/mol. The Kier molecular flexibility index (Phi) is 7.25. The van der Waals surface area contributed by atoms with Gasteiger partial charge in [0, 0.05) is 33.3 Å². The van der Waals surface area contributed by atoms with Crippen LogP contribution >= 0.6 is 0 Å². The maximum Gasteiger partial charge on any atom is 0.331 e. The van der Waals surface area contributed by atoms with E-state index in [2.05, 4.69) is 4.74 Å². The third-order valence-electron chi connectivity index (χ3n) is 2.37. The Morgan fingerprint density at radius 3 is 2.11 bits per heavy atom. The fourth-order valence-electron chi connectivity index (χ4n) is 1.07. The molecule has 0 radical (unpaired) electrons. The molecule has 0 aliphatic rings. The second-order valence-electron chi connectivity index (χ2n) is 4.12. The molecule has 0 saturated carbocycles. The number of urea groups is 1. The van der Waals surface area contributed by atoms with Crippen LogP contribution in [-0.2, 0) is 19.1 Å². The molecule has 0 heterocycles. The van der Waals surface area contributed by atoms with Crippen molar-refractivity contribution >= 4 is 18.0 Å². The van der Waals surface area contributed by atoms with Crippen molar-refractivity contribution in [2.24, 2.45) is 0 Å². The number of hydrogen-bond acceptors (Lipinski definition) is 5. The summed E-state index contributed by atoms with van der Waals surface area (Å²) in [5, 5.41) is 0. The molecule has 0 aliphatic heterocycles.